The highest BCUT2D eigenvalue weighted by Crippen LogP contribution is 2.39. The van der Waals surface area contributed by atoms with Crippen molar-refractivity contribution in [3.05, 3.63) is 29.8 Å². The maximum Gasteiger partial charge on any atom is 0.389 e. The van der Waals surface area contributed by atoms with Gasteiger partial charge in [-0.15, -0.1) is 11.8 Å². The fourth-order valence-electron chi connectivity index (χ4n) is 2.47. The Kier molecular flexibility index (Phi) is 4.79. The molecule has 106 valence electrons. The molecule has 0 amide bonds. The highest BCUT2D eigenvalue weighted by atomic mass is 32.2. The molecular weight excluding hydrogens is 271 g/mol. The molecule has 0 saturated carbocycles. The molecule has 2 unspecified atom stereocenters. The summed E-state index contributed by atoms with van der Waals surface area (Å²) < 4.78 is 36.5. The number of hydrogen-bond donors (Lipinski definition) is 1. The van der Waals surface area contributed by atoms with Crippen LogP contribution in [0.15, 0.2) is 29.2 Å². The molecule has 0 spiro atoms. The number of nitrogens with one attached hydrogen (secondary N) is 1. The average Bonchev–Trinajstić information content (AvgIpc) is 2.76. The van der Waals surface area contributed by atoms with Crippen LogP contribution in [0.2, 0.25) is 0 Å². The Morgan fingerprint density at radius 1 is 1.37 bits per heavy atom. The zero-order valence-corrected chi connectivity index (χ0v) is 11.7. The Labute approximate surface area is 116 Å². The van der Waals surface area contributed by atoms with Gasteiger partial charge in [0.25, 0.3) is 0 Å². The summed E-state index contributed by atoms with van der Waals surface area (Å²) in [6.45, 7) is 0. The van der Waals surface area contributed by atoms with E-state index in [4.69, 9.17) is 0 Å². The summed E-state index contributed by atoms with van der Waals surface area (Å²) >= 11 is 1.78. The van der Waals surface area contributed by atoms with Crippen molar-refractivity contribution in [2.75, 3.05) is 7.05 Å². The van der Waals surface area contributed by atoms with Gasteiger partial charge in [-0.3, -0.25) is 0 Å². The molecule has 0 radical (unpaired) electrons. The van der Waals surface area contributed by atoms with Crippen LogP contribution in [-0.4, -0.2) is 24.5 Å². The summed E-state index contributed by atoms with van der Waals surface area (Å²) in [5.74, 6) is 0. The fraction of sp³-hybridized carbons (Fsp3) is 0.571. The van der Waals surface area contributed by atoms with E-state index in [1.807, 2.05) is 19.2 Å². The third-order valence-electron chi connectivity index (χ3n) is 3.47. The van der Waals surface area contributed by atoms with Gasteiger partial charge in [0.1, 0.15) is 0 Å². The Morgan fingerprint density at radius 3 is 2.74 bits per heavy atom. The molecule has 19 heavy (non-hydrogen) atoms. The summed E-state index contributed by atoms with van der Waals surface area (Å²) in [4.78, 5) is 1.27. The van der Waals surface area contributed by atoms with Gasteiger partial charge in [0.15, 0.2) is 0 Å². The molecule has 1 aliphatic heterocycles. The Morgan fingerprint density at radius 2 is 2.11 bits per heavy atom. The van der Waals surface area contributed by atoms with Crippen molar-refractivity contribution in [3.63, 3.8) is 0 Å². The van der Waals surface area contributed by atoms with Crippen molar-refractivity contribution in [1.29, 1.82) is 0 Å². The largest absolute Gasteiger partial charge is 0.389 e. The highest BCUT2D eigenvalue weighted by molar-refractivity contribution is 8.00. The van der Waals surface area contributed by atoms with E-state index in [1.54, 1.807) is 11.8 Å². The number of rotatable bonds is 5. The second kappa shape index (κ2) is 6.18. The van der Waals surface area contributed by atoms with Gasteiger partial charge < -0.3 is 5.32 Å². The SMILES string of the molecule is CNC(CCCC(F)(F)F)C1Cc2ccccc2S1. The summed E-state index contributed by atoms with van der Waals surface area (Å²) in [6.07, 6.45) is -3.01. The monoisotopic (exact) mass is 289 g/mol. The number of hydrogen-bond acceptors (Lipinski definition) is 2. The van der Waals surface area contributed by atoms with Crippen molar-refractivity contribution in [2.45, 2.75) is 48.0 Å². The summed E-state index contributed by atoms with van der Waals surface area (Å²) in [6, 6.07) is 8.35. The molecule has 2 atom stereocenters. The van der Waals surface area contributed by atoms with Gasteiger partial charge in [-0.05, 0) is 37.9 Å². The van der Waals surface area contributed by atoms with Crippen LogP contribution in [0.25, 0.3) is 0 Å². The number of alkyl halides is 3. The summed E-state index contributed by atoms with van der Waals surface area (Å²) in [7, 11) is 1.84. The first-order valence-electron chi connectivity index (χ1n) is 6.48. The molecule has 1 nitrogen and oxygen atoms in total. The lowest BCUT2D eigenvalue weighted by atomic mass is 10.0. The van der Waals surface area contributed by atoms with Crippen LogP contribution in [0.1, 0.15) is 24.8 Å². The zero-order valence-electron chi connectivity index (χ0n) is 10.8. The lowest BCUT2D eigenvalue weighted by Crippen LogP contribution is -2.35. The number of benzene rings is 1. The van der Waals surface area contributed by atoms with Crippen molar-refractivity contribution in [3.8, 4) is 0 Å². The van der Waals surface area contributed by atoms with Gasteiger partial charge in [-0.1, -0.05) is 18.2 Å². The third kappa shape index (κ3) is 4.14. The summed E-state index contributed by atoms with van der Waals surface area (Å²) in [5, 5.41) is 3.52. The van der Waals surface area contributed by atoms with Crippen LogP contribution >= 0.6 is 11.8 Å². The summed E-state index contributed by atoms with van der Waals surface area (Å²) in [5.41, 5.74) is 1.31. The number of halogens is 3. The van der Waals surface area contributed by atoms with E-state index in [0.717, 1.165) is 6.42 Å². The zero-order chi connectivity index (χ0) is 13.9. The predicted molar refractivity (Wildman–Crippen MR) is 72.5 cm³/mol. The molecule has 2 rings (SSSR count). The maximum absolute atomic E-state index is 12.2. The minimum absolute atomic E-state index is 0.139. The maximum atomic E-state index is 12.2. The van der Waals surface area contributed by atoms with Crippen molar-refractivity contribution in [2.24, 2.45) is 0 Å². The van der Waals surface area contributed by atoms with Gasteiger partial charge in [0, 0.05) is 22.6 Å². The highest BCUT2D eigenvalue weighted by Gasteiger charge is 2.30. The predicted octanol–water partition coefficient (Wildman–Crippen LogP) is 4.02. The first-order valence-corrected chi connectivity index (χ1v) is 7.36. The Bertz CT molecular complexity index is 394. The average molecular weight is 289 g/mol. The van der Waals surface area contributed by atoms with Gasteiger partial charge in [-0.2, -0.15) is 13.2 Å². The quantitative estimate of drug-likeness (QED) is 0.878. The lowest BCUT2D eigenvalue weighted by Gasteiger charge is -2.22. The standard InChI is InChI=1S/C14H18F3NS/c1-18-11(6-4-8-14(15,16)17)13-9-10-5-2-3-7-12(10)19-13/h2-3,5,7,11,13,18H,4,6,8-9H2,1H3. The molecule has 0 aromatic heterocycles. The topological polar surface area (TPSA) is 12.0 Å². The first kappa shape index (κ1) is 14.7. The number of thioether (sulfide) groups is 1. The van der Waals surface area contributed by atoms with Gasteiger partial charge in [0.05, 0.1) is 0 Å². The normalized spacial score (nSPS) is 20.3. The molecule has 1 heterocycles. The molecule has 0 saturated heterocycles. The van der Waals surface area contributed by atoms with Gasteiger partial charge in [0.2, 0.25) is 0 Å². The molecule has 0 fully saturated rings. The van der Waals surface area contributed by atoms with Crippen molar-refractivity contribution >= 4 is 11.8 Å². The smallest absolute Gasteiger partial charge is 0.316 e. The van der Waals surface area contributed by atoms with E-state index >= 15 is 0 Å². The van der Waals surface area contributed by atoms with Gasteiger partial charge in [-0.25, -0.2) is 0 Å². The Hall–Kier alpha value is -0.680. The Balaban J connectivity index is 1.87. The minimum atomic E-state index is -4.04. The van der Waals surface area contributed by atoms with E-state index in [0.29, 0.717) is 11.7 Å². The molecular formula is C14H18F3NS. The van der Waals surface area contributed by atoms with Crippen LogP contribution < -0.4 is 5.32 Å². The van der Waals surface area contributed by atoms with Crippen LogP contribution in [0.5, 0.6) is 0 Å². The fourth-order valence-corrected chi connectivity index (χ4v) is 3.96. The minimum Gasteiger partial charge on any atom is -0.316 e. The molecule has 1 N–H and O–H groups in total. The molecule has 1 aliphatic rings. The molecule has 0 aliphatic carbocycles. The van der Waals surface area contributed by atoms with Gasteiger partial charge >= 0.3 is 6.18 Å². The van der Waals surface area contributed by atoms with E-state index < -0.39 is 12.6 Å². The van der Waals surface area contributed by atoms with Crippen LogP contribution in [0, 0.1) is 0 Å². The first-order chi connectivity index (χ1) is 8.99. The third-order valence-corrected chi connectivity index (χ3v) is 4.92. The lowest BCUT2D eigenvalue weighted by molar-refractivity contribution is -0.135. The van der Waals surface area contributed by atoms with Crippen LogP contribution in [-0.2, 0) is 6.42 Å². The van der Waals surface area contributed by atoms with E-state index in [2.05, 4.69) is 17.4 Å². The molecule has 1 aromatic rings. The molecule has 5 heteroatoms. The molecule has 0 bridgehead atoms. The molecule has 1 aromatic carbocycles. The number of fused-ring (bicyclic) bond motifs is 1. The van der Waals surface area contributed by atoms with Crippen LogP contribution in [0.4, 0.5) is 13.2 Å². The van der Waals surface area contributed by atoms with E-state index in [9.17, 15) is 13.2 Å². The van der Waals surface area contributed by atoms with E-state index in [1.165, 1.54) is 10.5 Å². The second-order valence-corrected chi connectivity index (χ2v) is 6.15. The van der Waals surface area contributed by atoms with Crippen molar-refractivity contribution in [1.82, 2.24) is 5.32 Å². The van der Waals surface area contributed by atoms with Crippen molar-refractivity contribution < 1.29 is 13.2 Å². The van der Waals surface area contributed by atoms with E-state index in [-0.39, 0.29) is 12.5 Å². The van der Waals surface area contributed by atoms with Crippen LogP contribution in [0.3, 0.4) is 0 Å². The second-order valence-electron chi connectivity index (χ2n) is 4.87.